The molecule has 0 fully saturated rings. The fourth-order valence-electron chi connectivity index (χ4n) is 4.28. The molecule has 3 heteroatoms. The molecule has 0 aliphatic rings. The molecule has 0 aliphatic heterocycles. The fourth-order valence-corrected chi connectivity index (χ4v) is 4.28. The number of furan rings is 1. The van der Waals surface area contributed by atoms with Crippen LogP contribution in [0.4, 0.5) is 0 Å². The lowest BCUT2D eigenvalue weighted by Gasteiger charge is -2.08. The normalized spacial score (nSPS) is 11.0. The first-order valence-electron chi connectivity index (χ1n) is 10.9. The van der Waals surface area contributed by atoms with E-state index in [2.05, 4.69) is 70.6 Å². The summed E-state index contributed by atoms with van der Waals surface area (Å²) in [5.74, 6) is 1.60. The van der Waals surface area contributed by atoms with Crippen molar-refractivity contribution in [3.63, 3.8) is 0 Å². The maximum Gasteiger partial charge on any atom is 0.161 e. The van der Waals surface area contributed by atoms with Gasteiger partial charge in [-0.1, -0.05) is 109 Å². The Morgan fingerprint density at radius 2 is 1.00 bits per heavy atom. The van der Waals surface area contributed by atoms with Gasteiger partial charge in [-0.2, -0.15) is 0 Å². The SMILES string of the molecule is c1ccc(-c2cc(-c3oc(-c4ccccc4-c4ccccc4)c4ccccc34)ncn2)cc1. The van der Waals surface area contributed by atoms with Crippen LogP contribution in [0.5, 0.6) is 0 Å². The average Bonchev–Trinajstić information content (AvgIpc) is 3.29. The molecule has 6 aromatic rings. The first-order chi connectivity index (χ1) is 16.4. The maximum atomic E-state index is 6.60. The molecule has 3 nitrogen and oxygen atoms in total. The third-order valence-corrected chi connectivity index (χ3v) is 5.85. The smallest absolute Gasteiger partial charge is 0.161 e. The van der Waals surface area contributed by atoms with Gasteiger partial charge in [-0.15, -0.1) is 0 Å². The van der Waals surface area contributed by atoms with Crippen molar-refractivity contribution in [2.45, 2.75) is 0 Å². The Labute approximate surface area is 192 Å². The van der Waals surface area contributed by atoms with Gasteiger partial charge < -0.3 is 4.42 Å². The van der Waals surface area contributed by atoms with Crippen LogP contribution in [0.3, 0.4) is 0 Å². The Balaban J connectivity index is 1.55. The highest BCUT2D eigenvalue weighted by atomic mass is 16.3. The van der Waals surface area contributed by atoms with E-state index in [-0.39, 0.29) is 0 Å². The van der Waals surface area contributed by atoms with Crippen LogP contribution in [-0.4, -0.2) is 9.97 Å². The molecule has 0 spiro atoms. The molecular weight excluding hydrogens is 404 g/mol. The molecule has 0 aliphatic carbocycles. The van der Waals surface area contributed by atoms with Crippen molar-refractivity contribution in [3.05, 3.63) is 122 Å². The number of benzene rings is 4. The van der Waals surface area contributed by atoms with Gasteiger partial charge in [0.05, 0.1) is 5.69 Å². The number of fused-ring (bicyclic) bond motifs is 1. The summed E-state index contributed by atoms with van der Waals surface area (Å²) < 4.78 is 6.60. The van der Waals surface area contributed by atoms with Gasteiger partial charge in [0.2, 0.25) is 0 Å². The minimum atomic E-state index is 0.753. The summed E-state index contributed by atoms with van der Waals surface area (Å²) in [5.41, 5.74) is 6.03. The van der Waals surface area contributed by atoms with Gasteiger partial charge in [-0.3, -0.25) is 0 Å². The topological polar surface area (TPSA) is 38.9 Å². The van der Waals surface area contributed by atoms with Crippen LogP contribution in [0.2, 0.25) is 0 Å². The lowest BCUT2D eigenvalue weighted by Crippen LogP contribution is -1.88. The van der Waals surface area contributed by atoms with Gasteiger partial charge in [0.25, 0.3) is 0 Å². The Kier molecular flexibility index (Phi) is 4.78. The summed E-state index contributed by atoms with van der Waals surface area (Å²) >= 11 is 0. The van der Waals surface area contributed by atoms with Crippen molar-refractivity contribution in [3.8, 4) is 45.2 Å². The lowest BCUT2D eigenvalue weighted by atomic mass is 9.96. The van der Waals surface area contributed by atoms with E-state index in [0.29, 0.717) is 0 Å². The zero-order valence-electron chi connectivity index (χ0n) is 17.8. The quantitative estimate of drug-likeness (QED) is 0.289. The molecule has 156 valence electrons. The second kappa shape index (κ2) is 8.21. The zero-order valence-corrected chi connectivity index (χ0v) is 17.8. The van der Waals surface area contributed by atoms with Crippen LogP contribution in [0.1, 0.15) is 0 Å². The Morgan fingerprint density at radius 3 is 1.73 bits per heavy atom. The molecule has 0 unspecified atom stereocenters. The summed E-state index contributed by atoms with van der Waals surface area (Å²) in [6, 6.07) is 39.2. The van der Waals surface area contributed by atoms with E-state index in [4.69, 9.17) is 4.42 Å². The van der Waals surface area contributed by atoms with E-state index in [1.54, 1.807) is 6.33 Å². The Morgan fingerprint density at radius 1 is 0.455 bits per heavy atom. The zero-order chi connectivity index (χ0) is 22.0. The Bertz CT molecular complexity index is 1550. The van der Waals surface area contributed by atoms with Gasteiger partial charge in [0.15, 0.2) is 5.76 Å². The molecule has 2 aromatic heterocycles. The first-order valence-corrected chi connectivity index (χ1v) is 10.9. The molecule has 0 N–H and O–H groups in total. The van der Waals surface area contributed by atoms with Crippen LogP contribution in [-0.2, 0) is 0 Å². The monoisotopic (exact) mass is 424 g/mol. The van der Waals surface area contributed by atoms with Crippen molar-refractivity contribution in [1.82, 2.24) is 9.97 Å². The Hall–Kier alpha value is -4.50. The summed E-state index contributed by atoms with van der Waals surface area (Å²) in [5, 5.41) is 2.10. The van der Waals surface area contributed by atoms with Crippen LogP contribution < -0.4 is 0 Å². The van der Waals surface area contributed by atoms with Crippen molar-refractivity contribution < 1.29 is 4.42 Å². The van der Waals surface area contributed by atoms with Crippen LogP contribution in [0, 0.1) is 0 Å². The minimum Gasteiger partial charge on any atom is -0.453 e. The van der Waals surface area contributed by atoms with Crippen LogP contribution >= 0.6 is 0 Å². The summed E-state index contributed by atoms with van der Waals surface area (Å²) in [4.78, 5) is 9.05. The number of aromatic nitrogens is 2. The maximum absolute atomic E-state index is 6.60. The molecule has 2 heterocycles. The molecule has 0 bridgehead atoms. The van der Waals surface area contributed by atoms with Crippen molar-refractivity contribution in [2.24, 2.45) is 0 Å². The summed E-state index contributed by atoms with van der Waals surface area (Å²) in [7, 11) is 0. The molecular formula is C30H20N2O. The number of rotatable bonds is 4. The average molecular weight is 425 g/mol. The molecule has 0 saturated carbocycles. The molecule has 0 atom stereocenters. The van der Waals surface area contributed by atoms with E-state index < -0.39 is 0 Å². The van der Waals surface area contributed by atoms with Crippen molar-refractivity contribution in [1.29, 1.82) is 0 Å². The molecule has 0 radical (unpaired) electrons. The minimum absolute atomic E-state index is 0.753. The molecule has 0 amide bonds. The van der Waals surface area contributed by atoms with Crippen molar-refractivity contribution in [2.75, 3.05) is 0 Å². The summed E-state index contributed by atoms with van der Waals surface area (Å²) in [6.45, 7) is 0. The van der Waals surface area contributed by atoms with E-state index >= 15 is 0 Å². The fraction of sp³-hybridized carbons (Fsp3) is 0. The van der Waals surface area contributed by atoms with E-state index in [0.717, 1.165) is 55.9 Å². The van der Waals surface area contributed by atoms with Gasteiger partial charge in [0, 0.05) is 21.9 Å². The largest absolute Gasteiger partial charge is 0.453 e. The van der Waals surface area contributed by atoms with Gasteiger partial charge in [0.1, 0.15) is 17.8 Å². The third-order valence-electron chi connectivity index (χ3n) is 5.85. The number of hydrogen-bond acceptors (Lipinski definition) is 3. The van der Waals surface area contributed by atoms with E-state index in [1.807, 2.05) is 54.6 Å². The van der Waals surface area contributed by atoms with Gasteiger partial charge in [-0.25, -0.2) is 9.97 Å². The van der Waals surface area contributed by atoms with Gasteiger partial charge >= 0.3 is 0 Å². The molecule has 6 rings (SSSR count). The third kappa shape index (κ3) is 3.50. The highest BCUT2D eigenvalue weighted by Gasteiger charge is 2.19. The van der Waals surface area contributed by atoms with E-state index in [9.17, 15) is 0 Å². The van der Waals surface area contributed by atoms with Crippen molar-refractivity contribution >= 4 is 10.8 Å². The first kappa shape index (κ1) is 19.2. The standard InChI is InChI=1S/C30H20N2O/c1-3-11-21(12-4-1)23-15-7-8-16-24(23)29-25-17-9-10-18-26(25)30(33-29)28-19-27(31-20-32-28)22-13-5-2-6-14-22/h1-20H. The molecule has 0 saturated heterocycles. The second-order valence-electron chi connectivity index (χ2n) is 7.87. The highest BCUT2D eigenvalue weighted by Crippen LogP contribution is 2.42. The number of nitrogens with zero attached hydrogens (tertiary/aromatic N) is 2. The van der Waals surface area contributed by atoms with Crippen LogP contribution in [0.15, 0.2) is 126 Å². The highest BCUT2D eigenvalue weighted by molar-refractivity contribution is 6.04. The predicted octanol–water partition coefficient (Wildman–Crippen LogP) is 7.89. The van der Waals surface area contributed by atoms with Crippen LogP contribution in [0.25, 0.3) is 55.9 Å². The number of hydrogen-bond donors (Lipinski definition) is 0. The summed E-state index contributed by atoms with van der Waals surface area (Å²) in [6.07, 6.45) is 1.60. The van der Waals surface area contributed by atoms with E-state index in [1.165, 1.54) is 0 Å². The predicted molar refractivity (Wildman–Crippen MR) is 134 cm³/mol. The lowest BCUT2D eigenvalue weighted by molar-refractivity contribution is 0.599. The second-order valence-corrected chi connectivity index (χ2v) is 7.87. The molecule has 4 aromatic carbocycles. The van der Waals surface area contributed by atoms with Gasteiger partial charge in [-0.05, 0) is 17.2 Å². The molecule has 33 heavy (non-hydrogen) atoms.